The summed E-state index contributed by atoms with van der Waals surface area (Å²) in [5, 5.41) is 24.4. The molecule has 4 aromatic rings. The van der Waals surface area contributed by atoms with Crippen molar-refractivity contribution in [2.24, 2.45) is 0 Å². The summed E-state index contributed by atoms with van der Waals surface area (Å²) < 4.78 is 20.6. The quantitative estimate of drug-likeness (QED) is 0.482. The number of tetrazole rings is 1. The first-order valence-electron chi connectivity index (χ1n) is 8.66. The number of rotatable bonds is 7. The number of benzene rings is 3. The fraction of sp³-hybridized carbons (Fsp3) is 0.150. The highest BCUT2D eigenvalue weighted by Gasteiger charge is 2.13. The number of halogens is 1. The van der Waals surface area contributed by atoms with Gasteiger partial charge >= 0.3 is 0 Å². The SMILES string of the molecule is OC(COc1ccc2ccccc2c1)CSc1nnnn1-c1cccc(F)c1. The fourth-order valence-corrected chi connectivity index (χ4v) is 3.50. The van der Waals surface area contributed by atoms with E-state index in [-0.39, 0.29) is 12.4 Å². The minimum absolute atomic E-state index is 0.146. The Morgan fingerprint density at radius 2 is 1.89 bits per heavy atom. The first-order valence-corrected chi connectivity index (χ1v) is 9.64. The van der Waals surface area contributed by atoms with Crippen LogP contribution in [0.15, 0.2) is 71.9 Å². The Labute approximate surface area is 165 Å². The number of thioether (sulfide) groups is 1. The Morgan fingerprint density at radius 1 is 1.04 bits per heavy atom. The second kappa shape index (κ2) is 8.37. The first-order chi connectivity index (χ1) is 13.7. The van der Waals surface area contributed by atoms with Crippen LogP contribution in [0.4, 0.5) is 4.39 Å². The van der Waals surface area contributed by atoms with Crippen LogP contribution in [0.25, 0.3) is 16.5 Å². The van der Waals surface area contributed by atoms with Crippen molar-refractivity contribution >= 4 is 22.5 Å². The molecule has 0 bridgehead atoms. The molecule has 0 aliphatic carbocycles. The zero-order valence-electron chi connectivity index (χ0n) is 14.8. The maximum Gasteiger partial charge on any atom is 0.214 e. The van der Waals surface area contributed by atoms with Crippen LogP contribution in [-0.4, -0.2) is 43.8 Å². The summed E-state index contributed by atoms with van der Waals surface area (Å²) in [6.45, 7) is 0.146. The van der Waals surface area contributed by atoms with Crippen LogP contribution in [0.1, 0.15) is 0 Å². The molecule has 0 saturated carbocycles. The van der Waals surface area contributed by atoms with E-state index in [1.807, 2.05) is 42.5 Å². The molecule has 3 aromatic carbocycles. The summed E-state index contributed by atoms with van der Waals surface area (Å²) in [5.41, 5.74) is 0.523. The zero-order chi connectivity index (χ0) is 19.3. The molecule has 0 fully saturated rings. The van der Waals surface area contributed by atoms with E-state index < -0.39 is 6.10 Å². The van der Waals surface area contributed by atoms with Crippen LogP contribution in [0.2, 0.25) is 0 Å². The summed E-state index contributed by atoms with van der Waals surface area (Å²) in [6, 6.07) is 19.8. The van der Waals surface area contributed by atoms with Crippen LogP contribution >= 0.6 is 11.8 Å². The molecule has 0 aliphatic heterocycles. The lowest BCUT2D eigenvalue weighted by atomic mass is 10.1. The Bertz CT molecular complexity index is 1090. The molecule has 1 atom stereocenters. The Balaban J connectivity index is 1.35. The molecule has 8 heteroatoms. The van der Waals surface area contributed by atoms with Crippen molar-refractivity contribution in [3.05, 3.63) is 72.5 Å². The summed E-state index contributed by atoms with van der Waals surface area (Å²) in [4.78, 5) is 0. The van der Waals surface area contributed by atoms with E-state index in [1.54, 1.807) is 12.1 Å². The standard InChI is InChI=1S/C20H17FN4O2S/c21-16-6-3-7-17(11-16)25-20(22-23-24-25)28-13-18(26)12-27-19-9-8-14-4-1-2-5-15(14)10-19/h1-11,18,26H,12-13H2. The smallest absolute Gasteiger partial charge is 0.214 e. The highest BCUT2D eigenvalue weighted by molar-refractivity contribution is 7.99. The molecule has 1 unspecified atom stereocenters. The van der Waals surface area contributed by atoms with Crippen LogP contribution in [0.3, 0.4) is 0 Å². The highest BCUT2D eigenvalue weighted by atomic mass is 32.2. The van der Waals surface area contributed by atoms with Crippen molar-refractivity contribution < 1.29 is 14.2 Å². The normalized spacial score (nSPS) is 12.2. The summed E-state index contributed by atoms with van der Waals surface area (Å²) in [7, 11) is 0. The van der Waals surface area contributed by atoms with Gasteiger partial charge in [-0.2, -0.15) is 4.68 Å². The number of aromatic nitrogens is 4. The van der Waals surface area contributed by atoms with Gasteiger partial charge in [0.2, 0.25) is 5.16 Å². The van der Waals surface area contributed by atoms with Crippen molar-refractivity contribution in [1.82, 2.24) is 20.2 Å². The molecule has 6 nitrogen and oxygen atoms in total. The molecule has 4 rings (SSSR count). The molecule has 0 spiro atoms. The highest BCUT2D eigenvalue weighted by Crippen LogP contribution is 2.22. The average Bonchev–Trinajstić information content (AvgIpc) is 3.19. The number of nitrogens with zero attached hydrogens (tertiary/aromatic N) is 4. The fourth-order valence-electron chi connectivity index (χ4n) is 2.71. The minimum atomic E-state index is -0.714. The average molecular weight is 396 g/mol. The number of hydrogen-bond acceptors (Lipinski definition) is 6. The van der Waals surface area contributed by atoms with Gasteiger partial charge in [-0.15, -0.1) is 5.10 Å². The second-order valence-electron chi connectivity index (χ2n) is 6.14. The van der Waals surface area contributed by atoms with Gasteiger partial charge in [-0.05, 0) is 51.5 Å². The van der Waals surface area contributed by atoms with Crippen molar-refractivity contribution in [2.75, 3.05) is 12.4 Å². The largest absolute Gasteiger partial charge is 0.491 e. The summed E-state index contributed by atoms with van der Waals surface area (Å²) in [5.74, 6) is 0.670. The third-order valence-corrected chi connectivity index (χ3v) is 5.13. The van der Waals surface area contributed by atoms with Gasteiger partial charge in [0.1, 0.15) is 18.2 Å². The van der Waals surface area contributed by atoms with Crippen molar-refractivity contribution in [1.29, 1.82) is 0 Å². The zero-order valence-corrected chi connectivity index (χ0v) is 15.6. The monoisotopic (exact) mass is 396 g/mol. The molecule has 142 valence electrons. The maximum absolute atomic E-state index is 13.4. The number of hydrogen-bond donors (Lipinski definition) is 1. The predicted molar refractivity (Wildman–Crippen MR) is 105 cm³/mol. The molecule has 0 aliphatic rings. The number of fused-ring (bicyclic) bond motifs is 1. The number of aliphatic hydroxyl groups excluding tert-OH is 1. The van der Waals surface area contributed by atoms with Crippen LogP contribution in [-0.2, 0) is 0 Å². The van der Waals surface area contributed by atoms with Gasteiger partial charge in [0.25, 0.3) is 0 Å². The lowest BCUT2D eigenvalue weighted by Crippen LogP contribution is -2.20. The van der Waals surface area contributed by atoms with Gasteiger partial charge in [-0.1, -0.05) is 48.2 Å². The molecular formula is C20H17FN4O2S. The van der Waals surface area contributed by atoms with E-state index in [2.05, 4.69) is 15.5 Å². The van der Waals surface area contributed by atoms with E-state index in [9.17, 15) is 9.50 Å². The van der Waals surface area contributed by atoms with Gasteiger partial charge in [-0.3, -0.25) is 0 Å². The Morgan fingerprint density at radius 3 is 2.75 bits per heavy atom. The molecule has 0 amide bonds. The summed E-state index contributed by atoms with van der Waals surface area (Å²) >= 11 is 1.27. The van der Waals surface area contributed by atoms with Crippen molar-refractivity contribution in [3.8, 4) is 11.4 Å². The second-order valence-corrected chi connectivity index (χ2v) is 7.13. The molecule has 0 radical (unpaired) electrons. The predicted octanol–water partition coefficient (Wildman–Crippen LogP) is 3.49. The number of ether oxygens (including phenoxy) is 1. The Hall–Kier alpha value is -2.97. The van der Waals surface area contributed by atoms with E-state index in [0.717, 1.165) is 10.8 Å². The number of aliphatic hydroxyl groups is 1. The third-order valence-electron chi connectivity index (χ3n) is 4.06. The molecule has 1 N–H and O–H groups in total. The minimum Gasteiger partial charge on any atom is -0.491 e. The summed E-state index contributed by atoms with van der Waals surface area (Å²) in [6.07, 6.45) is -0.714. The van der Waals surface area contributed by atoms with Crippen molar-refractivity contribution in [2.45, 2.75) is 11.3 Å². The van der Waals surface area contributed by atoms with E-state index >= 15 is 0 Å². The maximum atomic E-state index is 13.4. The van der Waals surface area contributed by atoms with Crippen LogP contribution < -0.4 is 4.74 Å². The van der Waals surface area contributed by atoms with Gasteiger partial charge in [0.15, 0.2) is 0 Å². The topological polar surface area (TPSA) is 73.1 Å². The van der Waals surface area contributed by atoms with Crippen molar-refractivity contribution in [3.63, 3.8) is 0 Å². The van der Waals surface area contributed by atoms with E-state index in [0.29, 0.717) is 22.3 Å². The van der Waals surface area contributed by atoms with Gasteiger partial charge in [-0.25, -0.2) is 4.39 Å². The lowest BCUT2D eigenvalue weighted by molar-refractivity contribution is 0.126. The molecule has 28 heavy (non-hydrogen) atoms. The molecule has 0 saturated heterocycles. The first kappa shape index (κ1) is 18.4. The molecule has 1 heterocycles. The van der Waals surface area contributed by atoms with E-state index in [1.165, 1.54) is 28.6 Å². The Kier molecular flexibility index (Phi) is 5.50. The van der Waals surface area contributed by atoms with Crippen LogP contribution in [0.5, 0.6) is 5.75 Å². The third kappa shape index (κ3) is 4.29. The van der Waals surface area contributed by atoms with Gasteiger partial charge in [0.05, 0.1) is 11.8 Å². The van der Waals surface area contributed by atoms with Gasteiger partial charge in [0, 0.05) is 5.75 Å². The molecule has 1 aromatic heterocycles. The lowest BCUT2D eigenvalue weighted by Gasteiger charge is -2.12. The van der Waals surface area contributed by atoms with Gasteiger partial charge < -0.3 is 9.84 Å². The van der Waals surface area contributed by atoms with Crippen LogP contribution in [0, 0.1) is 5.82 Å². The molecular weight excluding hydrogens is 379 g/mol. The van der Waals surface area contributed by atoms with E-state index in [4.69, 9.17) is 4.74 Å².